The Bertz CT molecular complexity index is 186. The molecule has 0 aromatic heterocycles. The third kappa shape index (κ3) is 0.522. The van der Waals surface area contributed by atoms with Gasteiger partial charge in [0.2, 0.25) is 0 Å². The second-order valence-electron chi connectivity index (χ2n) is 5.11. The average molecular weight is 150 g/mol. The van der Waals surface area contributed by atoms with E-state index in [4.69, 9.17) is 0 Å². The van der Waals surface area contributed by atoms with Crippen LogP contribution in [0.3, 0.4) is 0 Å². The zero-order valence-electron chi connectivity index (χ0n) is 7.69. The Morgan fingerprint density at radius 3 is 1.73 bits per heavy atom. The Labute approximate surface area is 69.4 Å². The van der Waals surface area contributed by atoms with Crippen LogP contribution in [0.15, 0.2) is 0 Å². The summed E-state index contributed by atoms with van der Waals surface area (Å²) in [5.41, 5.74) is 1.89. The molecule has 11 heavy (non-hydrogen) atoms. The minimum atomic E-state index is 0.947. The van der Waals surface area contributed by atoms with Gasteiger partial charge in [0, 0.05) is 0 Å². The van der Waals surface area contributed by atoms with Gasteiger partial charge in [0.05, 0.1) is 0 Å². The molecule has 0 saturated heterocycles. The average Bonchev–Trinajstić information content (AvgIpc) is 2.89. The highest BCUT2D eigenvalue weighted by Crippen LogP contribution is 2.94. The predicted octanol–water partition coefficient (Wildman–Crippen LogP) is 3.22. The maximum absolute atomic E-state index is 2.37. The number of hydrogen-bond acceptors (Lipinski definition) is 0. The molecule has 62 valence electrons. The maximum Gasteiger partial charge on any atom is -0.0201 e. The molecular weight excluding hydrogens is 132 g/mol. The quantitative estimate of drug-likeness (QED) is 0.567. The maximum atomic E-state index is 2.37. The number of rotatable bonds is 2. The van der Waals surface area contributed by atoms with E-state index in [1.54, 1.807) is 19.3 Å². The van der Waals surface area contributed by atoms with E-state index in [1.807, 2.05) is 0 Å². The standard InChI is InChI=1S/C11H18/c1-3-8-5-10(8)7-11(10)6-9(11)4-2/h8-9H,3-7H2,1-2H3. The van der Waals surface area contributed by atoms with Gasteiger partial charge in [0.1, 0.15) is 0 Å². The molecule has 0 heteroatoms. The zero-order valence-corrected chi connectivity index (χ0v) is 7.69. The van der Waals surface area contributed by atoms with Gasteiger partial charge in [-0.1, -0.05) is 26.7 Å². The molecule has 3 rings (SSSR count). The van der Waals surface area contributed by atoms with E-state index < -0.39 is 0 Å². The molecule has 0 aliphatic heterocycles. The smallest absolute Gasteiger partial charge is 0.0201 e. The van der Waals surface area contributed by atoms with Crippen LogP contribution in [0.4, 0.5) is 0 Å². The van der Waals surface area contributed by atoms with Crippen molar-refractivity contribution < 1.29 is 0 Å². The first-order valence-electron chi connectivity index (χ1n) is 5.29. The number of hydrogen-bond donors (Lipinski definition) is 0. The van der Waals surface area contributed by atoms with E-state index in [2.05, 4.69) is 13.8 Å². The lowest BCUT2D eigenvalue weighted by Crippen LogP contribution is -1.86. The minimum Gasteiger partial charge on any atom is -0.0651 e. The van der Waals surface area contributed by atoms with Gasteiger partial charge >= 0.3 is 0 Å². The summed E-state index contributed by atoms with van der Waals surface area (Å²) < 4.78 is 0. The molecule has 0 nitrogen and oxygen atoms in total. The van der Waals surface area contributed by atoms with Crippen LogP contribution in [0.5, 0.6) is 0 Å². The summed E-state index contributed by atoms with van der Waals surface area (Å²) in [7, 11) is 0. The van der Waals surface area contributed by atoms with Crippen molar-refractivity contribution in [3.05, 3.63) is 0 Å². The Morgan fingerprint density at radius 2 is 1.45 bits per heavy atom. The molecule has 3 aliphatic rings. The summed E-state index contributed by atoms with van der Waals surface area (Å²) in [6, 6.07) is 0. The lowest BCUT2D eigenvalue weighted by atomic mass is 10.1. The fraction of sp³-hybridized carbons (Fsp3) is 1.00. The normalized spacial score (nSPS) is 63.8. The van der Waals surface area contributed by atoms with Gasteiger partial charge in [-0.15, -0.1) is 0 Å². The lowest BCUT2D eigenvalue weighted by molar-refractivity contribution is 0.561. The van der Waals surface area contributed by atoms with Gasteiger partial charge in [0.25, 0.3) is 0 Å². The van der Waals surface area contributed by atoms with Crippen LogP contribution in [0.1, 0.15) is 46.0 Å². The summed E-state index contributed by atoms with van der Waals surface area (Å²) in [6.45, 7) is 4.74. The Hall–Kier alpha value is 0. The highest BCUT2D eigenvalue weighted by molar-refractivity contribution is 5.34. The topological polar surface area (TPSA) is 0 Å². The van der Waals surface area contributed by atoms with Gasteiger partial charge < -0.3 is 0 Å². The first-order valence-corrected chi connectivity index (χ1v) is 5.29. The van der Waals surface area contributed by atoms with Gasteiger partial charge in [-0.25, -0.2) is 0 Å². The minimum absolute atomic E-state index is 0.947. The van der Waals surface area contributed by atoms with Crippen molar-refractivity contribution in [2.24, 2.45) is 22.7 Å². The lowest BCUT2D eigenvalue weighted by Gasteiger charge is -1.92. The molecule has 3 saturated carbocycles. The zero-order chi connectivity index (χ0) is 7.69. The molecule has 0 aromatic carbocycles. The fourth-order valence-corrected chi connectivity index (χ4v) is 4.00. The first-order chi connectivity index (χ1) is 5.29. The molecule has 0 heterocycles. The molecule has 4 atom stereocenters. The summed E-state index contributed by atoms with van der Waals surface area (Å²) in [5.74, 6) is 2.30. The molecule has 3 fully saturated rings. The van der Waals surface area contributed by atoms with E-state index in [9.17, 15) is 0 Å². The molecule has 3 aliphatic carbocycles. The van der Waals surface area contributed by atoms with E-state index in [-0.39, 0.29) is 0 Å². The van der Waals surface area contributed by atoms with Crippen molar-refractivity contribution in [1.29, 1.82) is 0 Å². The van der Waals surface area contributed by atoms with Crippen molar-refractivity contribution in [2.45, 2.75) is 46.0 Å². The van der Waals surface area contributed by atoms with Crippen LogP contribution < -0.4 is 0 Å². The third-order valence-corrected chi connectivity index (χ3v) is 4.95. The van der Waals surface area contributed by atoms with Crippen molar-refractivity contribution in [3.8, 4) is 0 Å². The van der Waals surface area contributed by atoms with Crippen LogP contribution in [0.2, 0.25) is 0 Å². The first kappa shape index (κ1) is 6.51. The Morgan fingerprint density at radius 1 is 1.00 bits per heavy atom. The highest BCUT2D eigenvalue weighted by atomic mass is 14.9. The second kappa shape index (κ2) is 1.53. The second-order valence-corrected chi connectivity index (χ2v) is 5.11. The summed E-state index contributed by atoms with van der Waals surface area (Å²) in [6.07, 6.45) is 7.73. The molecule has 0 amide bonds. The SMILES string of the molecule is CCC1CC12CC21CC1CC. The summed E-state index contributed by atoms with van der Waals surface area (Å²) >= 11 is 0. The van der Waals surface area contributed by atoms with Crippen LogP contribution in [0, 0.1) is 22.7 Å². The van der Waals surface area contributed by atoms with Gasteiger partial charge in [-0.3, -0.25) is 0 Å². The third-order valence-electron chi connectivity index (χ3n) is 4.95. The van der Waals surface area contributed by atoms with Crippen molar-refractivity contribution in [3.63, 3.8) is 0 Å². The molecule has 0 N–H and O–H groups in total. The molecule has 0 aromatic rings. The largest absolute Gasteiger partial charge is 0.0651 e. The van der Waals surface area contributed by atoms with E-state index >= 15 is 0 Å². The molecule has 0 bridgehead atoms. The molecular formula is C11H18. The summed E-state index contributed by atoms with van der Waals surface area (Å²) in [4.78, 5) is 0. The van der Waals surface area contributed by atoms with Crippen LogP contribution in [-0.4, -0.2) is 0 Å². The van der Waals surface area contributed by atoms with E-state index in [0.717, 1.165) is 22.7 Å². The van der Waals surface area contributed by atoms with Crippen LogP contribution in [0.25, 0.3) is 0 Å². The summed E-state index contributed by atoms with van der Waals surface area (Å²) in [5, 5.41) is 0. The van der Waals surface area contributed by atoms with Gasteiger partial charge in [-0.2, -0.15) is 0 Å². The highest BCUT2D eigenvalue weighted by Gasteiger charge is 2.86. The van der Waals surface area contributed by atoms with Gasteiger partial charge in [-0.05, 0) is 41.9 Å². The number of fused-ring (bicyclic) bond motifs is 1. The molecule has 4 unspecified atom stereocenters. The molecule has 2 spiro atoms. The van der Waals surface area contributed by atoms with Gasteiger partial charge in [0.15, 0.2) is 0 Å². The van der Waals surface area contributed by atoms with Crippen LogP contribution in [-0.2, 0) is 0 Å². The Kier molecular flexibility index (Phi) is 0.906. The van der Waals surface area contributed by atoms with Crippen molar-refractivity contribution in [2.75, 3.05) is 0 Å². The van der Waals surface area contributed by atoms with E-state index in [1.165, 1.54) is 12.8 Å². The molecule has 0 radical (unpaired) electrons. The van der Waals surface area contributed by atoms with E-state index in [0.29, 0.717) is 0 Å². The van der Waals surface area contributed by atoms with Crippen molar-refractivity contribution >= 4 is 0 Å². The predicted molar refractivity (Wildman–Crippen MR) is 46.3 cm³/mol. The fourth-order valence-electron chi connectivity index (χ4n) is 4.00. The van der Waals surface area contributed by atoms with Crippen molar-refractivity contribution in [1.82, 2.24) is 0 Å². The Balaban J connectivity index is 1.72. The van der Waals surface area contributed by atoms with Crippen LogP contribution >= 0.6 is 0 Å². The monoisotopic (exact) mass is 150 g/mol.